The number of carbonyl (C=O) groups excluding carboxylic acids is 1. The van der Waals surface area contributed by atoms with Gasteiger partial charge in [0.15, 0.2) is 6.04 Å². The van der Waals surface area contributed by atoms with E-state index in [2.05, 4.69) is 4.58 Å². The number of carbonyl (C=O) groups is 1. The van der Waals surface area contributed by atoms with E-state index in [-0.39, 0.29) is 29.7 Å². The Kier molecular flexibility index (Phi) is 9.03. The fraction of sp³-hybridized carbons (Fsp3) is 0.296. The molecule has 38 heavy (non-hydrogen) atoms. The van der Waals surface area contributed by atoms with Crippen molar-refractivity contribution in [3.63, 3.8) is 0 Å². The van der Waals surface area contributed by atoms with Crippen LogP contribution in [0.5, 0.6) is 0 Å². The Balaban J connectivity index is 1.81. The van der Waals surface area contributed by atoms with E-state index in [1.807, 2.05) is 73.7 Å². The van der Waals surface area contributed by atoms with E-state index < -0.39 is 10.1 Å². The molecule has 11 heteroatoms. The van der Waals surface area contributed by atoms with Crippen LogP contribution in [0.25, 0.3) is 12.3 Å². The zero-order valence-electron chi connectivity index (χ0n) is 21.2. The zero-order valence-corrected chi connectivity index (χ0v) is 23.6. The van der Waals surface area contributed by atoms with Crippen molar-refractivity contribution in [2.75, 3.05) is 23.0 Å². The molecule has 8 nitrogen and oxygen atoms in total. The molecule has 1 unspecified atom stereocenters. The Morgan fingerprint density at radius 2 is 1.82 bits per heavy atom. The van der Waals surface area contributed by atoms with Crippen molar-refractivity contribution in [2.24, 2.45) is 0 Å². The molecule has 0 fully saturated rings. The molecule has 2 aromatic carbocycles. The van der Waals surface area contributed by atoms with E-state index in [9.17, 15) is 22.6 Å². The van der Waals surface area contributed by atoms with Gasteiger partial charge in [-0.3, -0.25) is 23.6 Å². The normalized spacial score (nSPS) is 16.9. The fourth-order valence-corrected chi connectivity index (χ4v) is 7.26. The van der Waals surface area contributed by atoms with Crippen LogP contribution < -0.4 is 19.7 Å². The third-order valence-electron chi connectivity index (χ3n) is 6.15. The van der Waals surface area contributed by atoms with Crippen LogP contribution in [0.3, 0.4) is 0 Å². The zero-order chi connectivity index (χ0) is 27.3. The Morgan fingerprint density at radius 1 is 1.16 bits per heavy atom. The molecule has 2 heterocycles. The topological polar surface area (TPSA) is 99.7 Å². The van der Waals surface area contributed by atoms with Crippen LogP contribution in [0.15, 0.2) is 65.5 Å². The van der Waals surface area contributed by atoms with Crippen molar-refractivity contribution in [1.29, 1.82) is 0 Å². The van der Waals surface area contributed by atoms with Crippen molar-refractivity contribution in [3.05, 3.63) is 85.8 Å². The maximum absolute atomic E-state index is 13.3. The number of nitrogens with zero attached hydrogens (tertiary/aromatic N) is 3. The van der Waals surface area contributed by atoms with Gasteiger partial charge in [-0.05, 0) is 19.1 Å². The number of hydrogen-bond acceptors (Lipinski definition) is 6. The molecule has 4 rings (SSSR count). The largest absolute Gasteiger partial charge is 0.299 e. The monoisotopic (exact) mass is 572 g/mol. The standard InChI is InChI=1S/C27H29N3O5S3/c1-3-28-26(37-24(27(28)32)18-30(20(2)31)22-13-8-5-9-14-22)17-25-29(15-10-16-38(33,34)35)23(19-36-25)21-11-6-4-7-12-21/h4-9,11-14,17-18,23H,3,10,15-16,19H2,1-2H3/p+1/b24-18+. The maximum atomic E-state index is 13.3. The van der Waals surface area contributed by atoms with Gasteiger partial charge in [0.2, 0.25) is 11.0 Å². The average molecular weight is 573 g/mol. The Morgan fingerprint density at radius 3 is 2.42 bits per heavy atom. The molecule has 0 bridgehead atoms. The first-order valence-electron chi connectivity index (χ1n) is 12.2. The molecule has 1 atom stereocenters. The predicted molar refractivity (Wildman–Crippen MR) is 155 cm³/mol. The van der Waals surface area contributed by atoms with E-state index >= 15 is 0 Å². The molecule has 0 aliphatic carbocycles. The van der Waals surface area contributed by atoms with Crippen LogP contribution >= 0.6 is 23.1 Å². The third kappa shape index (κ3) is 6.71. The number of para-hydroxylation sites is 1. The van der Waals surface area contributed by atoms with E-state index in [4.69, 9.17) is 0 Å². The van der Waals surface area contributed by atoms with Crippen LogP contribution in [-0.2, 0) is 21.5 Å². The Hall–Kier alpha value is -2.99. The predicted octanol–water partition coefficient (Wildman–Crippen LogP) is 2.68. The lowest BCUT2D eigenvalue weighted by atomic mass is 10.1. The minimum atomic E-state index is -4.06. The molecular weight excluding hydrogens is 543 g/mol. The summed E-state index contributed by atoms with van der Waals surface area (Å²) in [5.74, 6) is 0.254. The lowest BCUT2D eigenvalue weighted by Crippen LogP contribution is -2.34. The first kappa shape index (κ1) is 28.0. The van der Waals surface area contributed by atoms with Crippen molar-refractivity contribution in [1.82, 2.24) is 4.57 Å². The van der Waals surface area contributed by atoms with Gasteiger partial charge in [0.25, 0.3) is 15.7 Å². The molecule has 1 aliphatic heterocycles. The molecule has 1 amide bonds. The minimum Gasteiger partial charge on any atom is -0.299 e. The first-order chi connectivity index (χ1) is 18.2. The SMILES string of the molecule is CCn1c(=O)/c(=C\N(C(C)=O)c2ccccc2)s/c1=C/C1=[N+](CCCS(=O)(=O)O)C(c2ccccc2)CS1. The lowest BCUT2D eigenvalue weighted by molar-refractivity contribution is -0.560. The van der Waals surface area contributed by atoms with Crippen molar-refractivity contribution < 1.29 is 22.3 Å². The molecule has 1 aromatic heterocycles. The number of thiazole rings is 1. The van der Waals surface area contributed by atoms with Crippen molar-refractivity contribution in [2.45, 2.75) is 32.9 Å². The van der Waals surface area contributed by atoms with Gasteiger partial charge in [-0.15, -0.1) is 11.3 Å². The van der Waals surface area contributed by atoms with Crippen LogP contribution in [0.1, 0.15) is 31.9 Å². The summed E-state index contributed by atoms with van der Waals surface area (Å²) in [5.41, 5.74) is 1.62. The number of aromatic nitrogens is 1. The van der Waals surface area contributed by atoms with Gasteiger partial charge in [0, 0.05) is 37.3 Å². The summed E-state index contributed by atoms with van der Waals surface area (Å²) in [7, 11) is -4.06. The lowest BCUT2D eigenvalue weighted by Gasteiger charge is -2.15. The van der Waals surface area contributed by atoms with E-state index in [0.717, 1.165) is 21.0 Å². The van der Waals surface area contributed by atoms with E-state index in [0.29, 0.717) is 23.3 Å². The van der Waals surface area contributed by atoms with E-state index in [1.54, 1.807) is 22.5 Å². The summed E-state index contributed by atoms with van der Waals surface area (Å²) < 4.78 is 36.9. The molecule has 0 radical (unpaired) electrons. The van der Waals surface area contributed by atoms with Crippen LogP contribution in [-0.4, -0.2) is 51.1 Å². The van der Waals surface area contributed by atoms with Gasteiger partial charge in [0.05, 0.1) is 17.6 Å². The number of thioether (sulfide) groups is 1. The summed E-state index contributed by atoms with van der Waals surface area (Å²) in [5, 5.41) is 0.927. The number of anilines is 1. The molecule has 0 saturated carbocycles. The number of hydrogen-bond donors (Lipinski definition) is 1. The van der Waals surface area contributed by atoms with Gasteiger partial charge in [-0.25, -0.2) is 4.58 Å². The number of amides is 1. The van der Waals surface area contributed by atoms with Crippen LogP contribution in [0.2, 0.25) is 0 Å². The average Bonchev–Trinajstić information content (AvgIpc) is 3.42. The molecule has 0 spiro atoms. The molecule has 1 aliphatic rings. The molecule has 0 saturated heterocycles. The first-order valence-corrected chi connectivity index (χ1v) is 15.6. The summed E-state index contributed by atoms with van der Waals surface area (Å²) in [6, 6.07) is 19.2. The molecular formula is C27H30N3O5S3+. The van der Waals surface area contributed by atoms with Crippen LogP contribution in [0, 0.1) is 0 Å². The van der Waals surface area contributed by atoms with Crippen molar-refractivity contribution in [3.8, 4) is 0 Å². The third-order valence-corrected chi connectivity index (χ3v) is 9.14. The molecule has 200 valence electrons. The van der Waals surface area contributed by atoms with Gasteiger partial charge in [-0.1, -0.05) is 60.3 Å². The Bertz CT molecular complexity index is 1610. The minimum absolute atomic E-state index is 0.0351. The maximum Gasteiger partial charge on any atom is 0.270 e. The molecule has 3 aromatic rings. The van der Waals surface area contributed by atoms with E-state index in [1.165, 1.54) is 23.2 Å². The Labute approximate surface area is 230 Å². The number of benzene rings is 2. The quantitative estimate of drug-likeness (QED) is 0.313. The smallest absolute Gasteiger partial charge is 0.270 e. The molecule has 1 N–H and O–H groups in total. The number of rotatable bonds is 9. The van der Waals surface area contributed by atoms with Crippen LogP contribution in [0.4, 0.5) is 5.69 Å². The van der Waals surface area contributed by atoms with Gasteiger partial charge < -0.3 is 0 Å². The highest BCUT2D eigenvalue weighted by molar-refractivity contribution is 8.14. The van der Waals surface area contributed by atoms with Gasteiger partial charge in [-0.2, -0.15) is 8.42 Å². The summed E-state index contributed by atoms with van der Waals surface area (Å²) in [6.07, 6.45) is 3.83. The summed E-state index contributed by atoms with van der Waals surface area (Å²) >= 11 is 2.96. The van der Waals surface area contributed by atoms with Gasteiger partial charge >= 0.3 is 0 Å². The highest BCUT2D eigenvalue weighted by Gasteiger charge is 2.34. The highest BCUT2D eigenvalue weighted by atomic mass is 32.2. The fourth-order valence-electron chi connectivity index (χ4n) is 4.34. The second-order valence-electron chi connectivity index (χ2n) is 8.76. The second-order valence-corrected chi connectivity index (χ2v) is 12.4. The summed E-state index contributed by atoms with van der Waals surface area (Å²) in [6.45, 7) is 4.26. The van der Waals surface area contributed by atoms with Crippen molar-refractivity contribution >= 4 is 62.1 Å². The highest BCUT2D eigenvalue weighted by Crippen LogP contribution is 2.31. The van der Waals surface area contributed by atoms with Gasteiger partial charge in [0.1, 0.15) is 15.7 Å². The second kappa shape index (κ2) is 12.2. The summed E-state index contributed by atoms with van der Waals surface area (Å²) in [4.78, 5) is 27.2.